The van der Waals surface area contributed by atoms with Crippen molar-refractivity contribution >= 4 is 0 Å². The first-order chi connectivity index (χ1) is 10.6. The third-order valence-corrected chi connectivity index (χ3v) is 3.15. The van der Waals surface area contributed by atoms with Gasteiger partial charge in [0.05, 0.1) is 6.61 Å². The fourth-order valence-corrected chi connectivity index (χ4v) is 2.23. The second-order valence-corrected chi connectivity index (χ2v) is 5.31. The van der Waals surface area contributed by atoms with Crippen molar-refractivity contribution in [3.8, 4) is 11.5 Å². The Hall–Kier alpha value is -2.07. The van der Waals surface area contributed by atoms with Crippen molar-refractivity contribution in [1.29, 1.82) is 0 Å². The molecule has 0 aliphatic rings. The van der Waals surface area contributed by atoms with E-state index in [4.69, 9.17) is 15.2 Å². The SMILES string of the molecule is CCOc1cc(CC(C)N)ccc1OCc1cccc(F)c1. The molecule has 3 nitrogen and oxygen atoms in total. The molecule has 1 unspecified atom stereocenters. The first-order valence-electron chi connectivity index (χ1n) is 7.47. The summed E-state index contributed by atoms with van der Waals surface area (Å²) in [4.78, 5) is 0. The van der Waals surface area contributed by atoms with Gasteiger partial charge in [-0.15, -0.1) is 0 Å². The molecular weight excluding hydrogens is 281 g/mol. The van der Waals surface area contributed by atoms with Crippen molar-refractivity contribution in [2.75, 3.05) is 6.61 Å². The Bertz CT molecular complexity index is 614. The average Bonchev–Trinajstić information content (AvgIpc) is 2.46. The third-order valence-electron chi connectivity index (χ3n) is 3.15. The van der Waals surface area contributed by atoms with E-state index < -0.39 is 0 Å². The highest BCUT2D eigenvalue weighted by Gasteiger charge is 2.08. The summed E-state index contributed by atoms with van der Waals surface area (Å²) in [6.07, 6.45) is 0.782. The Morgan fingerprint density at radius 1 is 1.05 bits per heavy atom. The highest BCUT2D eigenvalue weighted by atomic mass is 19.1. The maximum atomic E-state index is 13.2. The van der Waals surface area contributed by atoms with Gasteiger partial charge in [-0.25, -0.2) is 4.39 Å². The van der Waals surface area contributed by atoms with Crippen LogP contribution in [0, 0.1) is 5.82 Å². The summed E-state index contributed by atoms with van der Waals surface area (Å²) in [5.74, 6) is 1.08. The fourth-order valence-electron chi connectivity index (χ4n) is 2.23. The Balaban J connectivity index is 2.11. The van der Waals surface area contributed by atoms with Crippen molar-refractivity contribution in [2.45, 2.75) is 32.9 Å². The minimum atomic E-state index is -0.265. The second kappa shape index (κ2) is 7.80. The zero-order valence-electron chi connectivity index (χ0n) is 13.0. The summed E-state index contributed by atoms with van der Waals surface area (Å²) >= 11 is 0. The Morgan fingerprint density at radius 3 is 2.55 bits per heavy atom. The van der Waals surface area contributed by atoms with E-state index in [1.807, 2.05) is 38.1 Å². The monoisotopic (exact) mass is 303 g/mol. The van der Waals surface area contributed by atoms with Gasteiger partial charge in [0, 0.05) is 6.04 Å². The van der Waals surface area contributed by atoms with Crippen LogP contribution >= 0.6 is 0 Å². The molecule has 4 heteroatoms. The number of halogens is 1. The molecule has 0 amide bonds. The number of nitrogens with two attached hydrogens (primary N) is 1. The van der Waals surface area contributed by atoms with Gasteiger partial charge in [-0.2, -0.15) is 0 Å². The number of rotatable bonds is 7. The molecular formula is C18H22FNO2. The Kier molecular flexibility index (Phi) is 5.78. The van der Waals surface area contributed by atoms with E-state index in [-0.39, 0.29) is 11.9 Å². The Labute approximate surface area is 130 Å². The lowest BCUT2D eigenvalue weighted by Gasteiger charge is -2.14. The highest BCUT2D eigenvalue weighted by molar-refractivity contribution is 5.43. The number of hydrogen-bond donors (Lipinski definition) is 1. The lowest BCUT2D eigenvalue weighted by atomic mass is 10.1. The molecule has 0 spiro atoms. The number of hydrogen-bond acceptors (Lipinski definition) is 3. The van der Waals surface area contributed by atoms with Gasteiger partial charge >= 0.3 is 0 Å². The van der Waals surface area contributed by atoms with Crippen LogP contribution in [0.4, 0.5) is 4.39 Å². The molecule has 2 aromatic carbocycles. The molecule has 0 heterocycles. The van der Waals surface area contributed by atoms with Crippen LogP contribution in [0.15, 0.2) is 42.5 Å². The van der Waals surface area contributed by atoms with E-state index in [0.717, 1.165) is 17.5 Å². The van der Waals surface area contributed by atoms with Crippen molar-refractivity contribution in [3.05, 3.63) is 59.4 Å². The molecule has 0 aromatic heterocycles. The van der Waals surface area contributed by atoms with Crippen LogP contribution in [-0.2, 0) is 13.0 Å². The van der Waals surface area contributed by atoms with E-state index in [2.05, 4.69) is 0 Å². The minimum Gasteiger partial charge on any atom is -0.490 e. The van der Waals surface area contributed by atoms with Crippen LogP contribution in [0.1, 0.15) is 25.0 Å². The van der Waals surface area contributed by atoms with Crippen LogP contribution in [0.2, 0.25) is 0 Å². The molecule has 0 saturated carbocycles. The van der Waals surface area contributed by atoms with Gasteiger partial charge in [-0.1, -0.05) is 18.2 Å². The zero-order valence-corrected chi connectivity index (χ0v) is 13.0. The third kappa shape index (κ3) is 4.74. The maximum Gasteiger partial charge on any atom is 0.161 e. The van der Waals surface area contributed by atoms with Crippen molar-refractivity contribution < 1.29 is 13.9 Å². The Morgan fingerprint density at radius 2 is 1.86 bits per heavy atom. The molecule has 0 aliphatic carbocycles. The minimum absolute atomic E-state index is 0.0912. The number of benzene rings is 2. The van der Waals surface area contributed by atoms with Gasteiger partial charge in [-0.05, 0) is 55.7 Å². The van der Waals surface area contributed by atoms with Gasteiger partial charge in [0.1, 0.15) is 12.4 Å². The standard InChI is InChI=1S/C18H22FNO2/c1-3-21-18-11-14(9-13(2)20)7-8-17(18)22-12-15-5-4-6-16(19)10-15/h4-8,10-11,13H,3,9,12,20H2,1-2H3. The van der Waals surface area contributed by atoms with E-state index in [1.165, 1.54) is 12.1 Å². The first-order valence-corrected chi connectivity index (χ1v) is 7.47. The van der Waals surface area contributed by atoms with E-state index in [9.17, 15) is 4.39 Å². The van der Waals surface area contributed by atoms with E-state index >= 15 is 0 Å². The molecule has 2 N–H and O–H groups in total. The number of ether oxygens (including phenoxy) is 2. The summed E-state index contributed by atoms with van der Waals surface area (Å²) in [6.45, 7) is 4.74. The fraction of sp³-hybridized carbons (Fsp3) is 0.333. The van der Waals surface area contributed by atoms with Gasteiger partial charge in [0.25, 0.3) is 0 Å². The van der Waals surface area contributed by atoms with Gasteiger partial charge in [-0.3, -0.25) is 0 Å². The zero-order chi connectivity index (χ0) is 15.9. The summed E-state index contributed by atoms with van der Waals surface area (Å²) in [6, 6.07) is 12.3. The summed E-state index contributed by atoms with van der Waals surface area (Å²) in [5, 5.41) is 0. The quantitative estimate of drug-likeness (QED) is 0.848. The maximum absolute atomic E-state index is 13.2. The van der Waals surface area contributed by atoms with Crippen LogP contribution < -0.4 is 15.2 Å². The predicted molar refractivity (Wildman–Crippen MR) is 85.7 cm³/mol. The lowest BCUT2D eigenvalue weighted by molar-refractivity contribution is 0.268. The molecule has 2 aromatic rings. The highest BCUT2D eigenvalue weighted by Crippen LogP contribution is 2.29. The lowest BCUT2D eigenvalue weighted by Crippen LogP contribution is -2.17. The molecule has 0 aliphatic heterocycles. The van der Waals surface area contributed by atoms with E-state index in [1.54, 1.807) is 6.07 Å². The van der Waals surface area contributed by atoms with Crippen LogP contribution in [0.3, 0.4) is 0 Å². The van der Waals surface area contributed by atoms with Gasteiger partial charge < -0.3 is 15.2 Å². The topological polar surface area (TPSA) is 44.5 Å². The van der Waals surface area contributed by atoms with Crippen molar-refractivity contribution in [3.63, 3.8) is 0 Å². The molecule has 22 heavy (non-hydrogen) atoms. The van der Waals surface area contributed by atoms with Crippen molar-refractivity contribution in [2.24, 2.45) is 5.73 Å². The van der Waals surface area contributed by atoms with Crippen LogP contribution in [-0.4, -0.2) is 12.6 Å². The smallest absolute Gasteiger partial charge is 0.161 e. The normalized spacial score (nSPS) is 12.0. The molecule has 0 radical (unpaired) electrons. The van der Waals surface area contributed by atoms with Crippen LogP contribution in [0.5, 0.6) is 11.5 Å². The van der Waals surface area contributed by atoms with Gasteiger partial charge in [0.2, 0.25) is 0 Å². The molecule has 0 saturated heterocycles. The molecule has 0 fully saturated rings. The molecule has 118 valence electrons. The summed E-state index contributed by atoms with van der Waals surface area (Å²) in [7, 11) is 0. The predicted octanol–water partition coefficient (Wildman–Crippen LogP) is 3.69. The van der Waals surface area contributed by atoms with E-state index in [0.29, 0.717) is 24.7 Å². The average molecular weight is 303 g/mol. The summed E-state index contributed by atoms with van der Waals surface area (Å²) in [5.41, 5.74) is 7.72. The molecule has 0 bridgehead atoms. The first kappa shape index (κ1) is 16.3. The molecule has 1 atom stereocenters. The van der Waals surface area contributed by atoms with Crippen LogP contribution in [0.25, 0.3) is 0 Å². The van der Waals surface area contributed by atoms with Crippen molar-refractivity contribution in [1.82, 2.24) is 0 Å². The summed E-state index contributed by atoms with van der Waals surface area (Å²) < 4.78 is 24.6. The second-order valence-electron chi connectivity index (χ2n) is 5.31. The largest absolute Gasteiger partial charge is 0.490 e. The van der Waals surface area contributed by atoms with Gasteiger partial charge in [0.15, 0.2) is 11.5 Å². The molecule has 2 rings (SSSR count).